The second-order valence-corrected chi connectivity index (χ2v) is 5.31. The van der Waals surface area contributed by atoms with Gasteiger partial charge in [-0.05, 0) is 12.5 Å². The molecule has 21 heavy (non-hydrogen) atoms. The minimum Gasteiger partial charge on any atom is -0.493 e. The number of fused-ring (bicyclic) bond motifs is 1. The summed E-state index contributed by atoms with van der Waals surface area (Å²) in [4.78, 5) is 10.7. The zero-order chi connectivity index (χ0) is 15.4. The van der Waals surface area contributed by atoms with Crippen molar-refractivity contribution in [3.05, 3.63) is 33.9 Å². The van der Waals surface area contributed by atoms with Crippen LogP contribution in [-0.4, -0.2) is 30.0 Å². The van der Waals surface area contributed by atoms with Gasteiger partial charge in [-0.2, -0.15) is 0 Å². The lowest BCUT2D eigenvalue weighted by Crippen LogP contribution is -2.38. The Labute approximate surface area is 123 Å². The lowest BCUT2D eigenvalue weighted by molar-refractivity contribution is -0.486. The van der Waals surface area contributed by atoms with Crippen LogP contribution < -0.4 is 9.47 Å². The molecular weight excluding hydrogens is 274 g/mol. The highest BCUT2D eigenvalue weighted by molar-refractivity contribution is 5.49. The normalized spacial score (nSPS) is 24.0. The van der Waals surface area contributed by atoms with Gasteiger partial charge in [-0.1, -0.05) is 31.9 Å². The highest BCUT2D eigenvalue weighted by atomic mass is 16.6. The number of hydrogen-bond acceptors (Lipinski definition) is 5. The Hall–Kier alpha value is -1.82. The van der Waals surface area contributed by atoms with Crippen molar-refractivity contribution in [2.45, 2.75) is 38.4 Å². The van der Waals surface area contributed by atoms with Gasteiger partial charge in [0, 0.05) is 16.4 Å². The fraction of sp³-hybridized carbons (Fsp3) is 0.600. The minimum absolute atomic E-state index is 0.213. The molecule has 3 unspecified atom stereocenters. The Morgan fingerprint density at radius 1 is 1.48 bits per heavy atom. The van der Waals surface area contributed by atoms with E-state index in [1.54, 1.807) is 12.1 Å². The van der Waals surface area contributed by atoms with Crippen LogP contribution >= 0.6 is 0 Å². The van der Waals surface area contributed by atoms with Gasteiger partial charge in [0.1, 0.15) is 0 Å². The first-order chi connectivity index (χ1) is 10.1. The van der Waals surface area contributed by atoms with Crippen LogP contribution in [-0.2, 0) is 0 Å². The highest BCUT2D eigenvalue weighted by Crippen LogP contribution is 2.46. The number of unbranched alkanes of at least 4 members (excludes halogenated alkanes) is 1. The van der Waals surface area contributed by atoms with Crippen LogP contribution in [0.25, 0.3) is 0 Å². The van der Waals surface area contributed by atoms with Gasteiger partial charge >= 0.3 is 0 Å². The average molecular weight is 295 g/mol. The fourth-order valence-corrected chi connectivity index (χ4v) is 2.93. The third kappa shape index (κ3) is 3.26. The maximum atomic E-state index is 11.0. The minimum atomic E-state index is -1.04. The van der Waals surface area contributed by atoms with Crippen molar-refractivity contribution in [2.75, 3.05) is 13.7 Å². The van der Waals surface area contributed by atoms with E-state index in [0.717, 1.165) is 18.4 Å². The SMILES string of the molecule is CCCCC1C(O)Oc2c(OC)cccc2C1C[N+](=O)[O-]. The second kappa shape index (κ2) is 6.76. The van der Waals surface area contributed by atoms with E-state index in [-0.39, 0.29) is 23.3 Å². The number of benzene rings is 1. The maximum absolute atomic E-state index is 11.0. The molecule has 1 heterocycles. The van der Waals surface area contributed by atoms with Crippen molar-refractivity contribution < 1.29 is 19.5 Å². The third-order valence-electron chi connectivity index (χ3n) is 3.99. The van der Waals surface area contributed by atoms with Crippen molar-refractivity contribution in [2.24, 2.45) is 5.92 Å². The molecule has 1 N–H and O–H groups in total. The fourth-order valence-electron chi connectivity index (χ4n) is 2.93. The summed E-state index contributed by atoms with van der Waals surface area (Å²) >= 11 is 0. The van der Waals surface area contributed by atoms with E-state index in [1.807, 2.05) is 6.07 Å². The molecule has 6 nitrogen and oxygen atoms in total. The summed E-state index contributed by atoms with van der Waals surface area (Å²) in [5, 5.41) is 21.3. The van der Waals surface area contributed by atoms with Gasteiger partial charge in [-0.25, -0.2) is 0 Å². The van der Waals surface area contributed by atoms with Crippen molar-refractivity contribution in [1.29, 1.82) is 0 Å². The van der Waals surface area contributed by atoms with Gasteiger partial charge in [-0.15, -0.1) is 0 Å². The molecular formula is C15H21NO5. The number of hydrogen-bond donors (Lipinski definition) is 1. The molecule has 0 amide bonds. The third-order valence-corrected chi connectivity index (χ3v) is 3.99. The van der Waals surface area contributed by atoms with E-state index in [2.05, 4.69) is 6.92 Å². The first-order valence-electron chi connectivity index (χ1n) is 7.21. The number of nitrogens with zero attached hydrogens (tertiary/aromatic N) is 1. The smallest absolute Gasteiger partial charge is 0.211 e. The Balaban J connectivity index is 2.39. The number of rotatable bonds is 6. The summed E-state index contributed by atoms with van der Waals surface area (Å²) in [6.45, 7) is 1.84. The van der Waals surface area contributed by atoms with Crippen molar-refractivity contribution in [3.63, 3.8) is 0 Å². The predicted octanol–water partition coefficient (Wildman–Crippen LogP) is 2.57. The summed E-state index contributed by atoms with van der Waals surface area (Å²) < 4.78 is 10.8. The molecule has 0 aliphatic carbocycles. The lowest BCUT2D eigenvalue weighted by atomic mass is 9.80. The standard InChI is InChI=1S/C15H21NO5/c1-3-4-6-11-12(9-16(18)19)10-7-5-8-13(20-2)14(10)21-15(11)17/h5,7-8,11-12,15,17H,3-4,6,9H2,1-2H3. The maximum Gasteiger partial charge on any atom is 0.211 e. The Kier molecular flexibility index (Phi) is 5.01. The molecule has 2 rings (SSSR count). The van der Waals surface area contributed by atoms with Crippen molar-refractivity contribution in [3.8, 4) is 11.5 Å². The Morgan fingerprint density at radius 2 is 2.24 bits per heavy atom. The molecule has 0 fully saturated rings. The van der Waals surface area contributed by atoms with Gasteiger partial charge in [0.15, 0.2) is 11.5 Å². The van der Waals surface area contributed by atoms with Gasteiger partial charge in [0.05, 0.1) is 13.0 Å². The molecule has 1 aromatic rings. The molecule has 3 atom stereocenters. The quantitative estimate of drug-likeness (QED) is 0.644. The van der Waals surface area contributed by atoms with Gasteiger partial charge < -0.3 is 14.6 Å². The molecule has 6 heteroatoms. The second-order valence-electron chi connectivity index (χ2n) is 5.31. The monoisotopic (exact) mass is 295 g/mol. The molecule has 0 saturated heterocycles. The van der Waals surface area contributed by atoms with Gasteiger partial charge in [0.2, 0.25) is 12.8 Å². The van der Waals surface area contributed by atoms with E-state index >= 15 is 0 Å². The Bertz CT molecular complexity index is 505. The first-order valence-corrected chi connectivity index (χ1v) is 7.21. The van der Waals surface area contributed by atoms with Crippen molar-refractivity contribution >= 4 is 0 Å². The summed E-state index contributed by atoms with van der Waals surface area (Å²) in [5.74, 6) is 0.288. The number of aliphatic hydroxyl groups is 1. The van der Waals surface area contributed by atoms with E-state index < -0.39 is 6.29 Å². The van der Waals surface area contributed by atoms with Crippen LogP contribution in [0.5, 0.6) is 11.5 Å². The molecule has 1 aromatic carbocycles. The number of methoxy groups -OCH3 is 1. The van der Waals surface area contributed by atoms with Crippen LogP contribution in [0.15, 0.2) is 18.2 Å². The highest BCUT2D eigenvalue weighted by Gasteiger charge is 2.40. The number of nitro groups is 1. The van der Waals surface area contributed by atoms with Crippen molar-refractivity contribution in [1.82, 2.24) is 0 Å². The number of ether oxygens (including phenoxy) is 2. The molecule has 0 spiro atoms. The van der Waals surface area contributed by atoms with Crippen LogP contribution in [0, 0.1) is 16.0 Å². The van der Waals surface area contributed by atoms with Crippen LogP contribution in [0.2, 0.25) is 0 Å². The molecule has 1 aliphatic heterocycles. The molecule has 1 aliphatic rings. The topological polar surface area (TPSA) is 81.8 Å². The molecule has 0 aromatic heterocycles. The predicted molar refractivity (Wildman–Crippen MR) is 77.2 cm³/mol. The van der Waals surface area contributed by atoms with E-state index in [9.17, 15) is 15.2 Å². The zero-order valence-corrected chi connectivity index (χ0v) is 12.3. The largest absolute Gasteiger partial charge is 0.493 e. The summed E-state index contributed by atoms with van der Waals surface area (Å²) in [6.07, 6.45) is 1.54. The van der Waals surface area contributed by atoms with E-state index in [4.69, 9.17) is 9.47 Å². The van der Waals surface area contributed by atoms with Crippen LogP contribution in [0.4, 0.5) is 0 Å². The molecule has 0 bridgehead atoms. The Morgan fingerprint density at radius 3 is 2.86 bits per heavy atom. The zero-order valence-electron chi connectivity index (χ0n) is 12.3. The number of aliphatic hydroxyl groups excluding tert-OH is 1. The molecule has 116 valence electrons. The van der Waals surface area contributed by atoms with Crippen LogP contribution in [0.3, 0.4) is 0 Å². The van der Waals surface area contributed by atoms with E-state index in [1.165, 1.54) is 7.11 Å². The van der Waals surface area contributed by atoms with Crippen LogP contribution in [0.1, 0.15) is 37.7 Å². The summed E-state index contributed by atoms with van der Waals surface area (Å²) in [7, 11) is 1.51. The molecule has 0 radical (unpaired) electrons. The first kappa shape index (κ1) is 15.6. The summed E-state index contributed by atoms with van der Waals surface area (Å²) in [5.41, 5.74) is 0.748. The summed E-state index contributed by atoms with van der Waals surface area (Å²) in [6, 6.07) is 5.33. The van der Waals surface area contributed by atoms with E-state index in [0.29, 0.717) is 17.9 Å². The van der Waals surface area contributed by atoms with Gasteiger partial charge in [-0.3, -0.25) is 10.1 Å². The van der Waals surface area contributed by atoms with Gasteiger partial charge in [0.25, 0.3) is 0 Å². The average Bonchev–Trinajstić information content (AvgIpc) is 2.45. The number of para-hydroxylation sites is 1. The lowest BCUT2D eigenvalue weighted by Gasteiger charge is -2.35. The molecule has 0 saturated carbocycles.